The van der Waals surface area contributed by atoms with E-state index >= 15 is 0 Å². The summed E-state index contributed by atoms with van der Waals surface area (Å²) >= 11 is 15.1. The van der Waals surface area contributed by atoms with Crippen LogP contribution in [0.15, 0.2) is 34.8 Å². The summed E-state index contributed by atoms with van der Waals surface area (Å²) in [5.74, 6) is -0.236. The van der Waals surface area contributed by atoms with E-state index in [0.29, 0.717) is 15.2 Å². The SMILES string of the molecule is Nc1ccc(Cl)c(C(=O)Nc2cc(Cl)ccc2Br)n1. The minimum absolute atomic E-state index is 0.0635. The molecule has 0 saturated heterocycles. The van der Waals surface area contributed by atoms with E-state index < -0.39 is 5.91 Å². The van der Waals surface area contributed by atoms with E-state index in [4.69, 9.17) is 28.9 Å². The molecule has 1 aromatic carbocycles. The van der Waals surface area contributed by atoms with Gasteiger partial charge in [0, 0.05) is 9.50 Å². The number of benzene rings is 1. The third kappa shape index (κ3) is 3.37. The van der Waals surface area contributed by atoms with Gasteiger partial charge in [0.1, 0.15) is 11.5 Å². The largest absolute Gasteiger partial charge is 0.384 e. The first-order valence-electron chi connectivity index (χ1n) is 5.16. The highest BCUT2D eigenvalue weighted by Gasteiger charge is 2.14. The Labute approximate surface area is 128 Å². The van der Waals surface area contributed by atoms with Crippen LogP contribution in [0.1, 0.15) is 10.5 Å². The fraction of sp³-hybridized carbons (Fsp3) is 0. The Morgan fingerprint density at radius 2 is 2.00 bits per heavy atom. The van der Waals surface area contributed by atoms with Gasteiger partial charge in [-0.1, -0.05) is 23.2 Å². The zero-order chi connectivity index (χ0) is 14.0. The van der Waals surface area contributed by atoms with E-state index in [2.05, 4.69) is 26.2 Å². The van der Waals surface area contributed by atoms with Gasteiger partial charge in [0.05, 0.1) is 10.7 Å². The lowest BCUT2D eigenvalue weighted by Gasteiger charge is -2.08. The first-order chi connectivity index (χ1) is 8.97. The monoisotopic (exact) mass is 359 g/mol. The molecule has 0 fully saturated rings. The van der Waals surface area contributed by atoms with Crippen molar-refractivity contribution >= 4 is 56.5 Å². The van der Waals surface area contributed by atoms with Gasteiger partial charge in [-0.25, -0.2) is 4.98 Å². The smallest absolute Gasteiger partial charge is 0.275 e. The molecule has 0 atom stereocenters. The van der Waals surface area contributed by atoms with Crippen LogP contribution in [-0.4, -0.2) is 10.9 Å². The molecule has 0 spiro atoms. The van der Waals surface area contributed by atoms with Crippen molar-refractivity contribution in [1.29, 1.82) is 0 Å². The Morgan fingerprint density at radius 3 is 2.74 bits per heavy atom. The fourth-order valence-corrected chi connectivity index (χ4v) is 2.10. The van der Waals surface area contributed by atoms with Gasteiger partial charge in [-0.3, -0.25) is 4.79 Å². The number of amides is 1. The van der Waals surface area contributed by atoms with Crippen molar-refractivity contribution in [2.24, 2.45) is 0 Å². The summed E-state index contributed by atoms with van der Waals surface area (Å²) in [6, 6.07) is 8.09. The Kier molecular flexibility index (Phi) is 4.29. The first kappa shape index (κ1) is 14.1. The summed E-state index contributed by atoms with van der Waals surface area (Å²) in [4.78, 5) is 16.0. The first-order valence-corrected chi connectivity index (χ1v) is 6.70. The third-order valence-electron chi connectivity index (χ3n) is 2.26. The maximum atomic E-state index is 12.1. The van der Waals surface area contributed by atoms with Crippen LogP contribution in [0.2, 0.25) is 10.0 Å². The molecule has 4 nitrogen and oxygen atoms in total. The van der Waals surface area contributed by atoms with Gasteiger partial charge < -0.3 is 11.1 Å². The normalized spacial score (nSPS) is 10.3. The second-order valence-corrected chi connectivity index (χ2v) is 5.34. The molecule has 0 saturated carbocycles. The number of nitrogens with one attached hydrogen (secondary N) is 1. The van der Waals surface area contributed by atoms with Crippen molar-refractivity contribution in [2.45, 2.75) is 0 Å². The predicted molar refractivity (Wildman–Crippen MR) is 80.8 cm³/mol. The molecule has 0 bridgehead atoms. The number of nitrogens with zero attached hydrogens (tertiary/aromatic N) is 1. The lowest BCUT2D eigenvalue weighted by Crippen LogP contribution is -2.15. The third-order valence-corrected chi connectivity index (χ3v) is 3.49. The summed E-state index contributed by atoms with van der Waals surface area (Å²) in [5, 5.41) is 3.39. The molecule has 0 radical (unpaired) electrons. The molecule has 2 aromatic rings. The van der Waals surface area contributed by atoms with E-state index in [9.17, 15) is 4.79 Å². The minimum atomic E-state index is -0.458. The van der Waals surface area contributed by atoms with Gasteiger partial charge in [0.15, 0.2) is 0 Å². The van der Waals surface area contributed by atoms with E-state index in [0.717, 1.165) is 0 Å². The number of carbonyl (C=O) groups excluding carboxylic acids is 1. The molecule has 1 heterocycles. The second-order valence-electron chi connectivity index (χ2n) is 3.64. The van der Waals surface area contributed by atoms with Crippen LogP contribution in [0.5, 0.6) is 0 Å². The number of carbonyl (C=O) groups is 1. The molecule has 98 valence electrons. The van der Waals surface area contributed by atoms with Gasteiger partial charge >= 0.3 is 0 Å². The maximum Gasteiger partial charge on any atom is 0.275 e. The molecule has 0 unspecified atom stereocenters. The number of aromatic nitrogens is 1. The van der Waals surface area contributed by atoms with Gasteiger partial charge in [-0.15, -0.1) is 0 Å². The van der Waals surface area contributed by atoms with Crippen molar-refractivity contribution in [3.8, 4) is 0 Å². The number of anilines is 2. The van der Waals surface area contributed by atoms with Crippen molar-refractivity contribution in [3.05, 3.63) is 50.5 Å². The molecular weight excluding hydrogens is 353 g/mol. The molecule has 1 amide bonds. The van der Waals surface area contributed by atoms with Gasteiger partial charge in [-0.2, -0.15) is 0 Å². The second kappa shape index (κ2) is 5.77. The van der Waals surface area contributed by atoms with Crippen LogP contribution in [0.3, 0.4) is 0 Å². The van der Waals surface area contributed by atoms with Crippen LogP contribution in [0, 0.1) is 0 Å². The highest BCUT2D eigenvalue weighted by molar-refractivity contribution is 9.10. The minimum Gasteiger partial charge on any atom is -0.384 e. The Bertz CT molecular complexity index is 649. The van der Waals surface area contributed by atoms with Gasteiger partial charge in [0.2, 0.25) is 0 Å². The number of hydrogen-bond acceptors (Lipinski definition) is 3. The summed E-state index contributed by atoms with van der Waals surface area (Å²) in [7, 11) is 0. The summed E-state index contributed by atoms with van der Waals surface area (Å²) in [6.07, 6.45) is 0. The average molecular weight is 361 g/mol. The van der Waals surface area contributed by atoms with Crippen LogP contribution >= 0.6 is 39.1 Å². The number of nitrogens with two attached hydrogens (primary N) is 1. The molecule has 0 aliphatic rings. The van der Waals surface area contributed by atoms with Crippen molar-refractivity contribution in [2.75, 3.05) is 11.1 Å². The average Bonchev–Trinajstić information content (AvgIpc) is 2.36. The van der Waals surface area contributed by atoms with Crippen molar-refractivity contribution in [1.82, 2.24) is 4.98 Å². The lowest BCUT2D eigenvalue weighted by atomic mass is 10.3. The van der Waals surface area contributed by atoms with E-state index in [1.807, 2.05) is 0 Å². The molecule has 7 heteroatoms. The van der Waals surface area contributed by atoms with Crippen molar-refractivity contribution in [3.63, 3.8) is 0 Å². The zero-order valence-corrected chi connectivity index (χ0v) is 12.6. The van der Waals surface area contributed by atoms with Crippen LogP contribution in [-0.2, 0) is 0 Å². The number of nitrogen functional groups attached to an aromatic ring is 1. The Balaban J connectivity index is 2.30. The molecular formula is C12H8BrCl2N3O. The van der Waals surface area contributed by atoms with Crippen LogP contribution in [0.4, 0.5) is 11.5 Å². The number of hydrogen-bond donors (Lipinski definition) is 2. The van der Waals surface area contributed by atoms with E-state index in [-0.39, 0.29) is 16.5 Å². The molecule has 2 rings (SSSR count). The molecule has 0 aliphatic heterocycles. The summed E-state index contributed by atoms with van der Waals surface area (Å²) in [5.41, 5.74) is 6.12. The Morgan fingerprint density at radius 1 is 1.26 bits per heavy atom. The van der Waals surface area contributed by atoms with Gasteiger partial charge in [-0.05, 0) is 46.3 Å². The topological polar surface area (TPSA) is 68.0 Å². The molecule has 0 aliphatic carbocycles. The van der Waals surface area contributed by atoms with E-state index in [1.54, 1.807) is 18.2 Å². The predicted octanol–water partition coefficient (Wildman–Crippen LogP) is 3.99. The highest BCUT2D eigenvalue weighted by Crippen LogP contribution is 2.27. The lowest BCUT2D eigenvalue weighted by molar-refractivity contribution is 0.102. The summed E-state index contributed by atoms with van der Waals surface area (Å²) < 4.78 is 0.699. The maximum absolute atomic E-state index is 12.1. The standard InChI is InChI=1S/C12H8BrCl2N3O/c13-7-2-1-6(14)5-9(7)17-12(19)11-8(15)3-4-10(16)18-11/h1-5H,(H2,16,18)(H,17,19). The molecule has 3 N–H and O–H groups in total. The Hall–Kier alpha value is -1.30. The van der Waals surface area contributed by atoms with Crippen LogP contribution < -0.4 is 11.1 Å². The number of halogens is 3. The van der Waals surface area contributed by atoms with Gasteiger partial charge in [0.25, 0.3) is 5.91 Å². The molecule has 1 aromatic heterocycles. The molecule has 19 heavy (non-hydrogen) atoms. The number of pyridine rings is 1. The highest BCUT2D eigenvalue weighted by atomic mass is 79.9. The van der Waals surface area contributed by atoms with Crippen LogP contribution in [0.25, 0.3) is 0 Å². The number of rotatable bonds is 2. The quantitative estimate of drug-likeness (QED) is 0.850. The van der Waals surface area contributed by atoms with E-state index in [1.165, 1.54) is 12.1 Å². The zero-order valence-electron chi connectivity index (χ0n) is 9.45. The fourth-order valence-electron chi connectivity index (χ4n) is 1.39. The summed E-state index contributed by atoms with van der Waals surface area (Å²) in [6.45, 7) is 0. The van der Waals surface area contributed by atoms with Crippen molar-refractivity contribution < 1.29 is 4.79 Å².